The summed E-state index contributed by atoms with van der Waals surface area (Å²) >= 11 is 3.26. The number of carbonyl (C=O) groups is 1. The van der Waals surface area contributed by atoms with Gasteiger partial charge in [-0.1, -0.05) is 11.8 Å². The topological polar surface area (TPSA) is 50.5 Å². The van der Waals surface area contributed by atoms with Gasteiger partial charge in [-0.25, -0.2) is 9.97 Å². The highest BCUT2D eigenvalue weighted by atomic mass is 32.2. The third-order valence-corrected chi connectivity index (χ3v) is 7.05. The molecule has 1 N–H and O–H groups in total. The van der Waals surface area contributed by atoms with Gasteiger partial charge in [0.05, 0.1) is 38.0 Å². The van der Waals surface area contributed by atoms with E-state index >= 15 is 0 Å². The summed E-state index contributed by atoms with van der Waals surface area (Å²) in [5.74, 6) is 0.228. The van der Waals surface area contributed by atoms with Crippen molar-refractivity contribution in [1.29, 1.82) is 0 Å². The van der Waals surface area contributed by atoms with Crippen LogP contribution in [0.3, 0.4) is 0 Å². The van der Waals surface area contributed by atoms with E-state index in [-0.39, 0.29) is 11.2 Å². The second-order valence-corrected chi connectivity index (χ2v) is 8.86. The van der Waals surface area contributed by atoms with Crippen LogP contribution in [-0.4, -0.2) is 58.7 Å². The predicted molar refractivity (Wildman–Crippen MR) is 100 cm³/mol. The maximum absolute atomic E-state index is 12.8. The van der Waals surface area contributed by atoms with Crippen molar-refractivity contribution in [2.75, 3.05) is 32.7 Å². The molecule has 1 aliphatic heterocycles. The largest absolute Gasteiger partial charge is 0.332 e. The average Bonchev–Trinajstić information content (AvgIpc) is 2.89. The van der Waals surface area contributed by atoms with Gasteiger partial charge in [0, 0.05) is 10.3 Å². The van der Waals surface area contributed by atoms with Crippen molar-refractivity contribution in [3.63, 3.8) is 0 Å². The van der Waals surface area contributed by atoms with Crippen LogP contribution in [0.5, 0.6) is 0 Å². The van der Waals surface area contributed by atoms with Gasteiger partial charge < -0.3 is 9.80 Å². The molecule has 130 valence electrons. The lowest BCUT2D eigenvalue weighted by atomic mass is 10.2. The third-order valence-electron chi connectivity index (χ3n) is 4.85. The van der Waals surface area contributed by atoms with E-state index in [0.29, 0.717) is 0 Å². The highest BCUT2D eigenvalue weighted by Gasteiger charge is 2.27. The van der Waals surface area contributed by atoms with Crippen LogP contribution in [0.25, 0.3) is 10.2 Å². The number of nitrogens with zero attached hydrogens (tertiary/aromatic N) is 3. The molecular weight excluding hydrogens is 340 g/mol. The third kappa shape index (κ3) is 3.43. The van der Waals surface area contributed by atoms with Crippen LogP contribution in [0, 0.1) is 13.8 Å². The van der Waals surface area contributed by atoms with Gasteiger partial charge in [0.2, 0.25) is 5.91 Å². The summed E-state index contributed by atoms with van der Waals surface area (Å²) in [7, 11) is 0. The van der Waals surface area contributed by atoms with Gasteiger partial charge in [0.15, 0.2) is 0 Å². The van der Waals surface area contributed by atoms with Crippen molar-refractivity contribution in [2.45, 2.75) is 38.0 Å². The SMILES string of the molecule is CC[NH+]1CCN(C(=O)[C@H](C)Sc2ncnc3sc(C)c(C)c23)CC1. The molecule has 0 bridgehead atoms. The number of thiophene rings is 1. The number of likely N-dealkylation sites (N-methyl/N-ethyl adjacent to an activating group) is 1. The Balaban J connectivity index is 1.73. The maximum Gasteiger partial charge on any atom is 0.236 e. The van der Waals surface area contributed by atoms with E-state index < -0.39 is 0 Å². The quantitative estimate of drug-likeness (QED) is 0.660. The normalized spacial score (nSPS) is 17.4. The van der Waals surface area contributed by atoms with E-state index in [9.17, 15) is 4.79 Å². The molecule has 0 aliphatic carbocycles. The lowest BCUT2D eigenvalue weighted by molar-refractivity contribution is -0.902. The smallest absolute Gasteiger partial charge is 0.236 e. The molecule has 0 unspecified atom stereocenters. The zero-order valence-electron chi connectivity index (χ0n) is 14.8. The van der Waals surface area contributed by atoms with E-state index in [2.05, 4.69) is 30.7 Å². The Hall–Kier alpha value is -1.18. The molecule has 1 saturated heterocycles. The molecule has 2 aromatic rings. The summed E-state index contributed by atoms with van der Waals surface area (Å²) in [6.07, 6.45) is 1.61. The number of hydrogen-bond donors (Lipinski definition) is 1. The number of thioether (sulfide) groups is 1. The van der Waals surface area contributed by atoms with Crippen molar-refractivity contribution in [3.8, 4) is 0 Å². The summed E-state index contributed by atoms with van der Waals surface area (Å²) in [6.45, 7) is 13.4. The molecular formula is C17H25N4OS2+. The van der Waals surface area contributed by atoms with Crippen LogP contribution in [0.15, 0.2) is 11.4 Å². The molecule has 1 aliphatic rings. The molecule has 1 fully saturated rings. The molecule has 5 nitrogen and oxygen atoms in total. The van der Waals surface area contributed by atoms with Gasteiger partial charge in [-0.2, -0.15) is 0 Å². The van der Waals surface area contributed by atoms with Gasteiger partial charge in [0.25, 0.3) is 0 Å². The first-order valence-electron chi connectivity index (χ1n) is 8.51. The highest BCUT2D eigenvalue weighted by Crippen LogP contribution is 2.36. The number of nitrogens with one attached hydrogen (secondary N) is 1. The summed E-state index contributed by atoms with van der Waals surface area (Å²) in [5.41, 5.74) is 1.23. The van der Waals surface area contributed by atoms with E-state index in [1.165, 1.54) is 10.4 Å². The Kier molecular flexibility index (Phi) is 5.42. The van der Waals surface area contributed by atoms with Crippen molar-refractivity contribution >= 4 is 39.2 Å². The number of quaternary nitrogens is 1. The minimum atomic E-state index is -0.120. The van der Waals surface area contributed by atoms with Crippen molar-refractivity contribution in [2.24, 2.45) is 0 Å². The number of piperazine rings is 1. The Labute approximate surface area is 151 Å². The number of aryl methyl sites for hydroxylation is 2. The number of rotatable bonds is 4. The second kappa shape index (κ2) is 7.37. The number of carbonyl (C=O) groups excluding carboxylic acids is 1. The van der Waals surface area contributed by atoms with Crippen LogP contribution in [0.1, 0.15) is 24.3 Å². The molecule has 0 spiro atoms. The average molecular weight is 366 g/mol. The van der Waals surface area contributed by atoms with E-state index in [0.717, 1.165) is 48.0 Å². The van der Waals surface area contributed by atoms with Gasteiger partial charge in [-0.3, -0.25) is 4.79 Å². The Morgan fingerprint density at radius 3 is 2.75 bits per heavy atom. The van der Waals surface area contributed by atoms with E-state index in [1.807, 2.05) is 11.8 Å². The highest BCUT2D eigenvalue weighted by molar-refractivity contribution is 8.00. The zero-order valence-corrected chi connectivity index (χ0v) is 16.4. The maximum atomic E-state index is 12.8. The Morgan fingerprint density at radius 1 is 1.38 bits per heavy atom. The van der Waals surface area contributed by atoms with Gasteiger partial charge >= 0.3 is 0 Å². The molecule has 2 aromatic heterocycles. The first-order valence-corrected chi connectivity index (χ1v) is 10.2. The Bertz CT molecular complexity index is 738. The molecule has 0 aromatic carbocycles. The molecule has 0 saturated carbocycles. The minimum Gasteiger partial charge on any atom is -0.332 e. The standard InChI is InChI=1S/C17H24N4OS2/c1-5-20-6-8-21(9-7-20)17(22)13(4)24-16-14-11(2)12(3)23-15(14)18-10-19-16/h10,13H,5-9H2,1-4H3/p+1/t13-/m0/s1. The molecule has 0 radical (unpaired) electrons. The molecule has 1 atom stereocenters. The lowest BCUT2D eigenvalue weighted by Gasteiger charge is -2.33. The van der Waals surface area contributed by atoms with Crippen LogP contribution in [0.2, 0.25) is 0 Å². The number of amides is 1. The van der Waals surface area contributed by atoms with Crippen LogP contribution >= 0.6 is 23.1 Å². The summed E-state index contributed by atoms with van der Waals surface area (Å²) in [4.78, 5) is 27.5. The fraction of sp³-hybridized carbons (Fsp3) is 0.588. The molecule has 3 heterocycles. The zero-order chi connectivity index (χ0) is 17.3. The molecule has 1 amide bonds. The van der Waals surface area contributed by atoms with E-state index in [4.69, 9.17) is 0 Å². The molecule has 3 rings (SSSR count). The van der Waals surface area contributed by atoms with Crippen molar-refractivity contribution in [3.05, 3.63) is 16.8 Å². The fourth-order valence-corrected chi connectivity index (χ4v) is 5.23. The predicted octanol–water partition coefficient (Wildman–Crippen LogP) is 1.54. The number of fused-ring (bicyclic) bond motifs is 1. The Morgan fingerprint density at radius 2 is 2.08 bits per heavy atom. The summed E-state index contributed by atoms with van der Waals surface area (Å²) in [6, 6.07) is 0. The number of hydrogen-bond acceptors (Lipinski definition) is 5. The lowest BCUT2D eigenvalue weighted by Crippen LogP contribution is -3.14. The van der Waals surface area contributed by atoms with E-state index in [1.54, 1.807) is 34.3 Å². The van der Waals surface area contributed by atoms with Crippen molar-refractivity contribution in [1.82, 2.24) is 14.9 Å². The van der Waals surface area contributed by atoms with Gasteiger partial charge in [-0.05, 0) is 33.3 Å². The van der Waals surface area contributed by atoms with Gasteiger partial charge in [-0.15, -0.1) is 11.3 Å². The second-order valence-electron chi connectivity index (χ2n) is 6.33. The summed E-state index contributed by atoms with van der Waals surface area (Å²) in [5, 5.41) is 1.93. The van der Waals surface area contributed by atoms with Crippen molar-refractivity contribution < 1.29 is 9.69 Å². The molecule has 24 heavy (non-hydrogen) atoms. The monoisotopic (exact) mass is 365 g/mol. The van der Waals surface area contributed by atoms with Crippen LogP contribution < -0.4 is 4.90 Å². The molecule has 7 heteroatoms. The first-order chi connectivity index (χ1) is 11.5. The van der Waals surface area contributed by atoms with Gasteiger partial charge in [0.1, 0.15) is 16.2 Å². The van der Waals surface area contributed by atoms with Crippen LogP contribution in [0.4, 0.5) is 0 Å². The number of aromatic nitrogens is 2. The first kappa shape index (κ1) is 17.6. The fourth-order valence-electron chi connectivity index (χ4n) is 3.11. The van der Waals surface area contributed by atoms with Crippen LogP contribution in [-0.2, 0) is 4.79 Å². The minimum absolute atomic E-state index is 0.120. The summed E-state index contributed by atoms with van der Waals surface area (Å²) < 4.78 is 0.